The fourth-order valence-electron chi connectivity index (χ4n) is 2.30. The third-order valence-corrected chi connectivity index (χ3v) is 3.38. The Bertz CT molecular complexity index is 642. The summed E-state index contributed by atoms with van der Waals surface area (Å²) in [6.45, 7) is 4.90. The Morgan fingerprint density at radius 2 is 1.90 bits per heavy atom. The quantitative estimate of drug-likeness (QED) is 0.772. The molecule has 4 nitrogen and oxygen atoms in total. The molecule has 20 heavy (non-hydrogen) atoms. The molecule has 0 radical (unpaired) electrons. The van der Waals surface area contributed by atoms with E-state index in [9.17, 15) is 0 Å². The molecular formula is C16H18N4. The monoisotopic (exact) mass is 266 g/mol. The minimum atomic E-state index is 0.790. The molecule has 0 aliphatic rings. The van der Waals surface area contributed by atoms with Gasteiger partial charge in [0.1, 0.15) is 5.82 Å². The Morgan fingerprint density at radius 3 is 2.65 bits per heavy atom. The van der Waals surface area contributed by atoms with E-state index in [4.69, 9.17) is 0 Å². The van der Waals surface area contributed by atoms with E-state index in [0.29, 0.717) is 0 Å². The van der Waals surface area contributed by atoms with Crippen molar-refractivity contribution in [1.82, 2.24) is 19.9 Å². The number of nitrogens with one attached hydrogen (secondary N) is 1. The molecule has 3 aromatic rings. The molecule has 2 heterocycles. The van der Waals surface area contributed by atoms with Gasteiger partial charge < -0.3 is 4.98 Å². The van der Waals surface area contributed by atoms with Gasteiger partial charge in [0.05, 0.1) is 12.1 Å². The molecule has 0 aliphatic carbocycles. The van der Waals surface area contributed by atoms with Gasteiger partial charge in [-0.2, -0.15) is 0 Å². The molecule has 2 aromatic heterocycles. The number of hydrogen-bond donors (Lipinski definition) is 1. The van der Waals surface area contributed by atoms with Crippen molar-refractivity contribution in [3.05, 3.63) is 60.0 Å². The number of hydrogen-bond acceptors (Lipinski definition) is 3. The fraction of sp³-hybridized carbons (Fsp3) is 0.250. The number of benzene rings is 1. The van der Waals surface area contributed by atoms with Gasteiger partial charge in [-0.1, -0.05) is 37.3 Å². The van der Waals surface area contributed by atoms with Crippen molar-refractivity contribution in [3.8, 4) is 0 Å². The van der Waals surface area contributed by atoms with Gasteiger partial charge in [-0.15, -0.1) is 0 Å². The highest BCUT2D eigenvalue weighted by atomic mass is 15.1. The first-order chi connectivity index (χ1) is 9.85. The van der Waals surface area contributed by atoms with Crippen molar-refractivity contribution in [2.45, 2.75) is 20.0 Å². The second-order valence-electron chi connectivity index (χ2n) is 4.85. The lowest BCUT2D eigenvalue weighted by Crippen LogP contribution is -2.22. The normalized spacial score (nSPS) is 11.3. The molecule has 0 unspecified atom stereocenters. The van der Waals surface area contributed by atoms with Gasteiger partial charge in [0, 0.05) is 12.7 Å². The Hall–Kier alpha value is -2.20. The molecule has 0 amide bonds. The van der Waals surface area contributed by atoms with Gasteiger partial charge in [-0.25, -0.2) is 9.97 Å². The van der Waals surface area contributed by atoms with Crippen LogP contribution in [-0.2, 0) is 13.1 Å². The van der Waals surface area contributed by atoms with Crippen molar-refractivity contribution in [2.24, 2.45) is 0 Å². The molecule has 4 heteroatoms. The lowest BCUT2D eigenvalue weighted by molar-refractivity contribution is 0.265. The molecule has 3 rings (SSSR count). The number of imidazole rings is 1. The van der Waals surface area contributed by atoms with Gasteiger partial charge in [0.15, 0.2) is 5.65 Å². The maximum Gasteiger partial charge on any atom is 0.177 e. The van der Waals surface area contributed by atoms with Crippen molar-refractivity contribution in [2.75, 3.05) is 6.54 Å². The number of pyridine rings is 1. The SMILES string of the molecule is CCN(Cc1ccccc1)Cc1nc2ncccc2[nH]1. The van der Waals surface area contributed by atoms with E-state index < -0.39 is 0 Å². The van der Waals surface area contributed by atoms with Crippen molar-refractivity contribution in [3.63, 3.8) is 0 Å². The van der Waals surface area contributed by atoms with Crippen LogP contribution in [0.1, 0.15) is 18.3 Å². The first kappa shape index (κ1) is 12.8. The van der Waals surface area contributed by atoms with Crippen LogP contribution in [0.25, 0.3) is 11.2 Å². The van der Waals surface area contributed by atoms with Gasteiger partial charge in [-0.05, 0) is 24.2 Å². The average molecular weight is 266 g/mol. The summed E-state index contributed by atoms with van der Waals surface area (Å²) in [5, 5.41) is 0. The molecule has 0 saturated carbocycles. The molecule has 1 aromatic carbocycles. The highest BCUT2D eigenvalue weighted by Gasteiger charge is 2.08. The van der Waals surface area contributed by atoms with Crippen LogP contribution >= 0.6 is 0 Å². The maximum absolute atomic E-state index is 4.53. The summed E-state index contributed by atoms with van der Waals surface area (Å²) >= 11 is 0. The average Bonchev–Trinajstić information content (AvgIpc) is 2.90. The molecule has 0 fully saturated rings. The summed E-state index contributed by atoms with van der Waals surface area (Å²) in [6, 6.07) is 14.4. The number of aromatic nitrogens is 3. The summed E-state index contributed by atoms with van der Waals surface area (Å²) in [7, 11) is 0. The zero-order valence-electron chi connectivity index (χ0n) is 11.6. The second-order valence-corrected chi connectivity index (χ2v) is 4.85. The number of H-pyrrole nitrogens is 1. The summed E-state index contributed by atoms with van der Waals surface area (Å²) < 4.78 is 0. The van der Waals surface area contributed by atoms with E-state index >= 15 is 0 Å². The summed E-state index contributed by atoms with van der Waals surface area (Å²) in [5.74, 6) is 0.969. The van der Waals surface area contributed by atoms with Gasteiger partial charge in [0.2, 0.25) is 0 Å². The molecule has 102 valence electrons. The lowest BCUT2D eigenvalue weighted by Gasteiger charge is -2.19. The van der Waals surface area contributed by atoms with Crippen LogP contribution in [0.5, 0.6) is 0 Å². The Labute approximate surface area is 118 Å². The highest BCUT2D eigenvalue weighted by Crippen LogP contribution is 2.11. The van der Waals surface area contributed by atoms with Crippen LogP contribution in [0.2, 0.25) is 0 Å². The summed E-state index contributed by atoms with van der Waals surface area (Å²) in [5.41, 5.74) is 3.11. The largest absolute Gasteiger partial charge is 0.340 e. The Kier molecular flexibility index (Phi) is 3.74. The van der Waals surface area contributed by atoms with Crippen LogP contribution in [-0.4, -0.2) is 26.4 Å². The van der Waals surface area contributed by atoms with Crippen LogP contribution in [0.15, 0.2) is 48.7 Å². The van der Waals surface area contributed by atoms with Crippen LogP contribution < -0.4 is 0 Å². The lowest BCUT2D eigenvalue weighted by atomic mass is 10.2. The first-order valence-corrected chi connectivity index (χ1v) is 6.91. The predicted molar refractivity (Wildman–Crippen MR) is 80.1 cm³/mol. The number of fused-ring (bicyclic) bond motifs is 1. The Balaban J connectivity index is 1.74. The highest BCUT2D eigenvalue weighted by molar-refractivity contribution is 5.69. The van der Waals surface area contributed by atoms with Crippen molar-refractivity contribution in [1.29, 1.82) is 0 Å². The van der Waals surface area contributed by atoms with E-state index in [2.05, 4.69) is 51.0 Å². The summed E-state index contributed by atoms with van der Waals surface area (Å²) in [4.78, 5) is 14.5. The molecule has 0 atom stereocenters. The fourth-order valence-corrected chi connectivity index (χ4v) is 2.30. The van der Waals surface area contributed by atoms with Crippen molar-refractivity contribution >= 4 is 11.2 Å². The minimum Gasteiger partial charge on any atom is -0.340 e. The van der Waals surface area contributed by atoms with Gasteiger partial charge >= 0.3 is 0 Å². The maximum atomic E-state index is 4.53. The van der Waals surface area contributed by atoms with Crippen molar-refractivity contribution < 1.29 is 0 Å². The van der Waals surface area contributed by atoms with Crippen LogP contribution in [0.3, 0.4) is 0 Å². The zero-order valence-corrected chi connectivity index (χ0v) is 11.6. The van der Waals surface area contributed by atoms with Gasteiger partial charge in [0.25, 0.3) is 0 Å². The predicted octanol–water partition coefficient (Wildman–Crippen LogP) is 2.98. The molecule has 1 N–H and O–H groups in total. The smallest absolute Gasteiger partial charge is 0.177 e. The topological polar surface area (TPSA) is 44.8 Å². The van der Waals surface area contributed by atoms with E-state index in [1.165, 1.54) is 5.56 Å². The van der Waals surface area contributed by atoms with E-state index in [1.807, 2.05) is 18.2 Å². The number of nitrogens with zero attached hydrogens (tertiary/aromatic N) is 3. The number of rotatable bonds is 5. The van der Waals surface area contributed by atoms with Crippen LogP contribution in [0, 0.1) is 0 Å². The van der Waals surface area contributed by atoms with Gasteiger partial charge in [-0.3, -0.25) is 4.90 Å². The molecule has 0 bridgehead atoms. The standard InChI is InChI=1S/C16H18N4/c1-2-20(11-13-7-4-3-5-8-13)12-15-18-14-9-6-10-17-16(14)19-15/h3-10H,2,11-12H2,1H3,(H,17,18,19). The third-order valence-electron chi connectivity index (χ3n) is 3.38. The molecule has 0 aliphatic heterocycles. The molecule has 0 spiro atoms. The minimum absolute atomic E-state index is 0.790. The van der Waals surface area contributed by atoms with Crippen LogP contribution in [0.4, 0.5) is 0 Å². The zero-order chi connectivity index (χ0) is 13.8. The molecular weight excluding hydrogens is 248 g/mol. The van der Waals surface area contributed by atoms with E-state index in [-0.39, 0.29) is 0 Å². The van der Waals surface area contributed by atoms with E-state index in [1.54, 1.807) is 6.20 Å². The second kappa shape index (κ2) is 5.84. The third kappa shape index (κ3) is 2.86. The Morgan fingerprint density at radius 1 is 1.05 bits per heavy atom. The van der Waals surface area contributed by atoms with E-state index in [0.717, 1.165) is 36.6 Å². The molecule has 0 saturated heterocycles. The summed E-state index contributed by atoms with van der Waals surface area (Å²) in [6.07, 6.45) is 1.77. The first-order valence-electron chi connectivity index (χ1n) is 6.91. The number of aromatic amines is 1.